The van der Waals surface area contributed by atoms with Gasteiger partial charge in [0.2, 0.25) is 0 Å². The van der Waals surface area contributed by atoms with E-state index in [9.17, 15) is 4.79 Å². The number of hydrogen-bond donors (Lipinski definition) is 0. The van der Waals surface area contributed by atoms with Gasteiger partial charge in [-0.2, -0.15) is 0 Å². The van der Waals surface area contributed by atoms with Crippen LogP contribution in [0.2, 0.25) is 0 Å². The third kappa shape index (κ3) is 6.09. The van der Waals surface area contributed by atoms with Crippen LogP contribution >= 0.6 is 11.6 Å². The maximum atomic E-state index is 10.1. The van der Waals surface area contributed by atoms with Crippen molar-refractivity contribution in [3.63, 3.8) is 0 Å². The molecule has 0 aliphatic carbocycles. The van der Waals surface area contributed by atoms with Gasteiger partial charge in [-0.1, -0.05) is 0 Å². The summed E-state index contributed by atoms with van der Waals surface area (Å²) in [6.07, 6.45) is -0.248. The Labute approximate surface area is 70.4 Å². The number of carbonyl (C=O) groups is 1. The van der Waals surface area contributed by atoms with Crippen LogP contribution in [0.3, 0.4) is 0 Å². The number of carbonyl (C=O) groups excluding carboxylic acids is 1. The van der Waals surface area contributed by atoms with Gasteiger partial charge in [0.15, 0.2) is 0 Å². The lowest BCUT2D eigenvalue weighted by atomic mass is 10.4. The highest BCUT2D eigenvalue weighted by atomic mass is 35.5. The van der Waals surface area contributed by atoms with Gasteiger partial charge in [-0.05, 0) is 0 Å². The minimum atomic E-state index is -0.830. The van der Waals surface area contributed by atoms with E-state index < -0.39 is 5.43 Å². The molecule has 1 atom stereocenters. The van der Waals surface area contributed by atoms with Crippen LogP contribution in [0.4, 0.5) is 4.79 Å². The van der Waals surface area contributed by atoms with Gasteiger partial charge in [0.1, 0.15) is 12.7 Å². The molecule has 66 valence electrons. The zero-order valence-electron chi connectivity index (χ0n) is 6.50. The second kappa shape index (κ2) is 6.39. The zero-order valence-corrected chi connectivity index (χ0v) is 7.26. The lowest BCUT2D eigenvalue weighted by Gasteiger charge is -2.12. The molecule has 0 aromatic rings. The maximum Gasteiger partial charge on any atom is 0.403 e. The van der Waals surface area contributed by atoms with Crippen LogP contribution in [-0.2, 0) is 14.2 Å². The van der Waals surface area contributed by atoms with Crippen LogP contribution in [0.15, 0.2) is 0 Å². The summed E-state index contributed by atoms with van der Waals surface area (Å²) in [5.74, 6) is 0. The molecule has 0 aliphatic heterocycles. The van der Waals surface area contributed by atoms with E-state index in [-0.39, 0.29) is 12.7 Å². The van der Waals surface area contributed by atoms with Gasteiger partial charge in [-0.25, -0.2) is 4.79 Å². The topological polar surface area (TPSA) is 44.8 Å². The van der Waals surface area contributed by atoms with E-state index in [0.29, 0.717) is 6.61 Å². The third-order valence-corrected chi connectivity index (χ3v) is 1.18. The molecule has 0 N–H and O–H groups in total. The molecule has 0 bridgehead atoms. The highest BCUT2D eigenvalue weighted by Gasteiger charge is 2.08. The predicted molar refractivity (Wildman–Crippen MR) is 39.9 cm³/mol. The molecule has 0 aromatic heterocycles. The van der Waals surface area contributed by atoms with E-state index in [0.717, 1.165) is 0 Å². The number of rotatable bonds is 5. The van der Waals surface area contributed by atoms with Gasteiger partial charge in [0.05, 0.1) is 6.61 Å². The molecule has 5 heteroatoms. The predicted octanol–water partition coefficient (Wildman–Crippen LogP) is 1.02. The highest BCUT2D eigenvalue weighted by molar-refractivity contribution is 6.61. The summed E-state index contributed by atoms with van der Waals surface area (Å²) < 4.78 is 14.1. The van der Waals surface area contributed by atoms with E-state index in [1.807, 2.05) is 0 Å². The van der Waals surface area contributed by atoms with Gasteiger partial charge in [0.25, 0.3) is 0 Å². The molecular formula is C6H11ClO4. The van der Waals surface area contributed by atoms with Crippen LogP contribution in [0.5, 0.6) is 0 Å². The Morgan fingerprint density at radius 3 is 2.45 bits per heavy atom. The molecule has 0 rings (SSSR count). The Kier molecular flexibility index (Phi) is 6.21. The quantitative estimate of drug-likeness (QED) is 0.596. The smallest absolute Gasteiger partial charge is 0.403 e. The molecular weight excluding hydrogens is 172 g/mol. The van der Waals surface area contributed by atoms with Gasteiger partial charge >= 0.3 is 5.43 Å². The summed E-state index contributed by atoms with van der Waals surface area (Å²) in [5, 5.41) is 0. The summed E-state index contributed by atoms with van der Waals surface area (Å²) in [4.78, 5) is 10.1. The second-order valence-electron chi connectivity index (χ2n) is 1.86. The Hall–Kier alpha value is -0.320. The van der Waals surface area contributed by atoms with Crippen molar-refractivity contribution in [2.24, 2.45) is 0 Å². The first kappa shape index (κ1) is 10.7. The van der Waals surface area contributed by atoms with Crippen molar-refractivity contribution in [3.8, 4) is 0 Å². The summed E-state index contributed by atoms with van der Waals surface area (Å²) in [5.41, 5.74) is -0.830. The second-order valence-corrected chi connectivity index (χ2v) is 2.17. The van der Waals surface area contributed by atoms with E-state index in [2.05, 4.69) is 4.74 Å². The van der Waals surface area contributed by atoms with Gasteiger partial charge in [0, 0.05) is 25.8 Å². The monoisotopic (exact) mass is 182 g/mol. The zero-order chi connectivity index (χ0) is 8.69. The number of hydrogen-bond acceptors (Lipinski definition) is 4. The summed E-state index contributed by atoms with van der Waals surface area (Å²) in [7, 11) is 3.04. The van der Waals surface area contributed by atoms with E-state index in [1.54, 1.807) is 0 Å². The summed E-state index contributed by atoms with van der Waals surface area (Å²) in [6, 6.07) is 0. The molecule has 11 heavy (non-hydrogen) atoms. The van der Waals surface area contributed by atoms with Crippen molar-refractivity contribution in [3.05, 3.63) is 0 Å². The SMILES string of the molecule is COCC(COC(=O)Cl)OC. The average molecular weight is 183 g/mol. The van der Waals surface area contributed by atoms with Crippen molar-refractivity contribution in [1.29, 1.82) is 0 Å². The Bertz CT molecular complexity index is 117. The van der Waals surface area contributed by atoms with Gasteiger partial charge in [-0.15, -0.1) is 0 Å². The van der Waals surface area contributed by atoms with Crippen molar-refractivity contribution in [1.82, 2.24) is 0 Å². The molecule has 0 radical (unpaired) electrons. The third-order valence-electron chi connectivity index (χ3n) is 1.07. The number of ether oxygens (including phenoxy) is 3. The largest absolute Gasteiger partial charge is 0.451 e. The van der Waals surface area contributed by atoms with Crippen molar-refractivity contribution < 1.29 is 19.0 Å². The van der Waals surface area contributed by atoms with Crippen LogP contribution in [0.25, 0.3) is 0 Å². The van der Waals surface area contributed by atoms with Crippen molar-refractivity contribution in [2.75, 3.05) is 27.4 Å². The van der Waals surface area contributed by atoms with E-state index in [1.165, 1.54) is 14.2 Å². The van der Waals surface area contributed by atoms with Crippen LogP contribution in [0, 0.1) is 0 Å². The minimum absolute atomic E-state index is 0.118. The molecule has 0 heterocycles. The molecule has 0 aliphatic rings. The Morgan fingerprint density at radius 1 is 1.45 bits per heavy atom. The fraction of sp³-hybridized carbons (Fsp3) is 0.833. The van der Waals surface area contributed by atoms with Crippen molar-refractivity contribution in [2.45, 2.75) is 6.10 Å². The van der Waals surface area contributed by atoms with E-state index >= 15 is 0 Å². The lowest BCUT2D eigenvalue weighted by molar-refractivity contribution is -0.00720. The molecule has 4 nitrogen and oxygen atoms in total. The van der Waals surface area contributed by atoms with Crippen LogP contribution in [0.1, 0.15) is 0 Å². The van der Waals surface area contributed by atoms with Crippen LogP contribution in [-0.4, -0.2) is 39.0 Å². The lowest BCUT2D eigenvalue weighted by Crippen LogP contribution is -2.24. The molecule has 0 aromatic carbocycles. The number of methoxy groups -OCH3 is 2. The molecule has 1 unspecified atom stereocenters. The fourth-order valence-electron chi connectivity index (χ4n) is 0.529. The first-order chi connectivity index (χ1) is 5.20. The molecule has 0 saturated carbocycles. The first-order valence-corrected chi connectivity index (χ1v) is 3.42. The Morgan fingerprint density at radius 2 is 2.09 bits per heavy atom. The fourth-order valence-corrected chi connectivity index (χ4v) is 0.592. The summed E-state index contributed by atoms with van der Waals surface area (Å²) >= 11 is 4.92. The Balaban J connectivity index is 3.43. The summed E-state index contributed by atoms with van der Waals surface area (Å²) in [6.45, 7) is 0.493. The van der Waals surface area contributed by atoms with Crippen molar-refractivity contribution >= 4 is 17.0 Å². The molecule has 0 fully saturated rings. The van der Waals surface area contributed by atoms with Gasteiger partial charge in [-0.3, -0.25) is 0 Å². The average Bonchev–Trinajstić information content (AvgIpc) is 1.97. The van der Waals surface area contributed by atoms with E-state index in [4.69, 9.17) is 21.1 Å². The first-order valence-electron chi connectivity index (χ1n) is 3.04. The molecule has 0 saturated heterocycles. The maximum absolute atomic E-state index is 10.1. The standard InChI is InChI=1S/C6H11ClO4/c1-9-3-5(10-2)4-11-6(7)8/h5H,3-4H2,1-2H3. The molecule has 0 amide bonds. The molecule has 0 spiro atoms. The minimum Gasteiger partial charge on any atom is -0.451 e. The van der Waals surface area contributed by atoms with Gasteiger partial charge < -0.3 is 14.2 Å². The normalized spacial score (nSPS) is 12.6. The highest BCUT2D eigenvalue weighted by Crippen LogP contribution is 1.95. The van der Waals surface area contributed by atoms with Crippen LogP contribution < -0.4 is 0 Å². The number of halogens is 1.